The summed E-state index contributed by atoms with van der Waals surface area (Å²) in [5.74, 6) is -1.51. The number of fused-ring (bicyclic) bond motifs is 1. The van der Waals surface area contributed by atoms with Gasteiger partial charge < -0.3 is 10.3 Å². The highest BCUT2D eigenvalue weighted by atomic mass is 19.1. The molecule has 4 aromatic rings. The molecule has 2 N–H and O–H groups in total. The fraction of sp³-hybridized carbons (Fsp3) is 0.0455. The molecule has 1 heterocycles. The van der Waals surface area contributed by atoms with Crippen LogP contribution in [0.2, 0.25) is 0 Å². The molecular weight excluding hydrogens is 346 g/mol. The molecule has 134 valence electrons. The van der Waals surface area contributed by atoms with Crippen molar-refractivity contribution in [2.75, 3.05) is 5.32 Å². The summed E-state index contributed by atoms with van der Waals surface area (Å²) in [5.41, 5.74) is 4.13. The summed E-state index contributed by atoms with van der Waals surface area (Å²) < 4.78 is 27.6. The highest BCUT2D eigenvalue weighted by molar-refractivity contribution is 5.98. The lowest BCUT2D eigenvalue weighted by Gasteiger charge is -2.12. The van der Waals surface area contributed by atoms with Crippen LogP contribution in [0.15, 0.2) is 66.9 Å². The number of carbonyl (C=O) groups excluding carboxylic acids is 1. The number of hydrogen-bond donors (Lipinski definition) is 2. The highest BCUT2D eigenvalue weighted by Gasteiger charge is 2.12. The number of hydrogen-bond acceptors (Lipinski definition) is 1. The molecule has 0 aliphatic heterocycles. The second-order valence-electron chi connectivity index (χ2n) is 6.35. The van der Waals surface area contributed by atoms with Gasteiger partial charge in [-0.05, 0) is 59.2 Å². The van der Waals surface area contributed by atoms with Gasteiger partial charge in [0.25, 0.3) is 0 Å². The van der Waals surface area contributed by atoms with Crippen LogP contribution < -0.4 is 5.32 Å². The third-order valence-electron chi connectivity index (χ3n) is 4.40. The van der Waals surface area contributed by atoms with Crippen molar-refractivity contribution in [2.24, 2.45) is 0 Å². The van der Waals surface area contributed by atoms with Crippen molar-refractivity contribution in [1.29, 1.82) is 0 Å². The largest absolute Gasteiger partial charge is 0.361 e. The Hall–Kier alpha value is -3.47. The van der Waals surface area contributed by atoms with Crippen LogP contribution in [0.25, 0.3) is 33.2 Å². The Morgan fingerprint density at radius 1 is 0.926 bits per heavy atom. The number of halogens is 2. The molecule has 0 atom stereocenters. The van der Waals surface area contributed by atoms with Gasteiger partial charge in [0.05, 0.1) is 0 Å². The van der Waals surface area contributed by atoms with Crippen LogP contribution in [0.5, 0.6) is 0 Å². The lowest BCUT2D eigenvalue weighted by molar-refractivity contribution is -0.114. The minimum Gasteiger partial charge on any atom is -0.361 e. The molecule has 0 aliphatic rings. The van der Waals surface area contributed by atoms with Crippen molar-refractivity contribution < 1.29 is 13.6 Å². The summed E-state index contributed by atoms with van der Waals surface area (Å²) in [5, 5.41) is 3.77. The van der Waals surface area contributed by atoms with Gasteiger partial charge in [0.1, 0.15) is 11.6 Å². The Bertz CT molecular complexity index is 1160. The summed E-state index contributed by atoms with van der Waals surface area (Å²) in [6.07, 6.45) is 1.85. The molecule has 0 unspecified atom stereocenters. The first-order valence-electron chi connectivity index (χ1n) is 8.46. The molecule has 1 amide bonds. The standard InChI is InChI=1S/C22H16F2N2O/c1-13(27)26-17-10-14(18-3-2-4-22-20(18)7-8-25-22)9-15(11-17)19-6-5-16(23)12-21(19)24/h2-12,25H,1H3,(H,26,27). The van der Waals surface area contributed by atoms with Gasteiger partial charge in [-0.25, -0.2) is 8.78 Å². The van der Waals surface area contributed by atoms with Crippen molar-refractivity contribution in [3.05, 3.63) is 78.5 Å². The maximum atomic E-state index is 14.3. The summed E-state index contributed by atoms with van der Waals surface area (Å²) in [7, 11) is 0. The van der Waals surface area contributed by atoms with Gasteiger partial charge in [-0.2, -0.15) is 0 Å². The quantitative estimate of drug-likeness (QED) is 0.480. The molecular formula is C22H16F2N2O. The van der Waals surface area contributed by atoms with Crippen molar-refractivity contribution in [2.45, 2.75) is 6.92 Å². The molecule has 0 saturated carbocycles. The number of anilines is 1. The number of benzene rings is 3. The predicted molar refractivity (Wildman–Crippen MR) is 103 cm³/mol. The van der Waals surface area contributed by atoms with E-state index in [-0.39, 0.29) is 11.5 Å². The first kappa shape index (κ1) is 17.0. The fourth-order valence-electron chi connectivity index (χ4n) is 3.27. The number of aromatic nitrogens is 1. The highest BCUT2D eigenvalue weighted by Crippen LogP contribution is 2.35. The monoisotopic (exact) mass is 362 g/mol. The average Bonchev–Trinajstić information content (AvgIpc) is 3.09. The number of rotatable bonds is 3. The summed E-state index contributed by atoms with van der Waals surface area (Å²) in [4.78, 5) is 14.7. The summed E-state index contributed by atoms with van der Waals surface area (Å²) in [6.45, 7) is 1.41. The van der Waals surface area contributed by atoms with E-state index in [1.54, 1.807) is 6.07 Å². The third-order valence-corrected chi connectivity index (χ3v) is 4.40. The Morgan fingerprint density at radius 2 is 1.70 bits per heavy atom. The van der Waals surface area contributed by atoms with Crippen LogP contribution in [-0.4, -0.2) is 10.9 Å². The Balaban J connectivity index is 1.94. The van der Waals surface area contributed by atoms with E-state index in [1.165, 1.54) is 19.1 Å². The first-order chi connectivity index (χ1) is 13.0. The smallest absolute Gasteiger partial charge is 0.221 e. The topological polar surface area (TPSA) is 44.9 Å². The van der Waals surface area contributed by atoms with Crippen LogP contribution in [0.3, 0.4) is 0 Å². The van der Waals surface area contributed by atoms with Gasteiger partial charge in [-0.15, -0.1) is 0 Å². The van der Waals surface area contributed by atoms with Gasteiger partial charge in [0, 0.05) is 41.3 Å². The molecule has 27 heavy (non-hydrogen) atoms. The molecule has 0 spiro atoms. The van der Waals surface area contributed by atoms with Crippen LogP contribution in [0.1, 0.15) is 6.92 Å². The molecule has 3 aromatic carbocycles. The number of amides is 1. The Labute approximate surface area is 154 Å². The van der Waals surface area contributed by atoms with E-state index in [0.29, 0.717) is 11.3 Å². The third kappa shape index (κ3) is 3.31. The van der Waals surface area contributed by atoms with E-state index in [4.69, 9.17) is 0 Å². The number of nitrogens with one attached hydrogen (secondary N) is 2. The molecule has 1 aromatic heterocycles. The minimum atomic E-state index is -0.652. The van der Waals surface area contributed by atoms with Gasteiger partial charge in [0.15, 0.2) is 0 Å². The molecule has 4 rings (SSSR count). The van der Waals surface area contributed by atoms with Crippen LogP contribution >= 0.6 is 0 Å². The molecule has 5 heteroatoms. The summed E-state index contributed by atoms with van der Waals surface area (Å²) in [6, 6.07) is 16.7. The van der Waals surface area contributed by atoms with Crippen molar-refractivity contribution >= 4 is 22.5 Å². The van der Waals surface area contributed by atoms with E-state index in [0.717, 1.165) is 28.1 Å². The van der Waals surface area contributed by atoms with Crippen LogP contribution in [0, 0.1) is 11.6 Å². The molecule has 0 bridgehead atoms. The van der Waals surface area contributed by atoms with Gasteiger partial charge >= 0.3 is 0 Å². The maximum absolute atomic E-state index is 14.3. The Morgan fingerprint density at radius 3 is 2.44 bits per heavy atom. The zero-order valence-electron chi connectivity index (χ0n) is 14.5. The number of H-pyrrole nitrogens is 1. The van der Waals surface area contributed by atoms with Crippen molar-refractivity contribution in [1.82, 2.24) is 4.98 Å². The average molecular weight is 362 g/mol. The molecule has 0 saturated heterocycles. The minimum absolute atomic E-state index is 0.225. The van der Waals surface area contributed by atoms with Gasteiger partial charge in [-0.1, -0.05) is 12.1 Å². The first-order valence-corrected chi connectivity index (χ1v) is 8.46. The Kier molecular flexibility index (Phi) is 4.20. The normalized spacial score (nSPS) is 10.9. The number of aromatic amines is 1. The lowest BCUT2D eigenvalue weighted by atomic mass is 9.96. The predicted octanol–water partition coefficient (Wildman–Crippen LogP) is 5.74. The molecule has 0 aliphatic carbocycles. The van der Waals surface area contributed by atoms with Crippen LogP contribution in [-0.2, 0) is 4.79 Å². The maximum Gasteiger partial charge on any atom is 0.221 e. The summed E-state index contributed by atoms with van der Waals surface area (Å²) >= 11 is 0. The fourth-order valence-corrected chi connectivity index (χ4v) is 3.27. The SMILES string of the molecule is CC(=O)Nc1cc(-c2ccc(F)cc2F)cc(-c2cccc3[nH]ccc23)c1. The van der Waals surface area contributed by atoms with Gasteiger partial charge in [0.2, 0.25) is 5.91 Å². The second-order valence-corrected chi connectivity index (χ2v) is 6.35. The van der Waals surface area contributed by atoms with Crippen molar-refractivity contribution in [3.8, 4) is 22.3 Å². The van der Waals surface area contributed by atoms with E-state index in [1.807, 2.05) is 42.6 Å². The zero-order chi connectivity index (χ0) is 19.0. The van der Waals surface area contributed by atoms with Crippen molar-refractivity contribution in [3.63, 3.8) is 0 Å². The molecule has 0 fully saturated rings. The zero-order valence-corrected chi connectivity index (χ0v) is 14.5. The molecule has 3 nitrogen and oxygen atoms in total. The van der Waals surface area contributed by atoms with Gasteiger partial charge in [-0.3, -0.25) is 4.79 Å². The lowest BCUT2D eigenvalue weighted by Crippen LogP contribution is -2.06. The van der Waals surface area contributed by atoms with E-state index in [9.17, 15) is 13.6 Å². The second kappa shape index (κ2) is 6.68. The molecule has 0 radical (unpaired) electrons. The van der Waals surface area contributed by atoms with E-state index < -0.39 is 11.6 Å². The van der Waals surface area contributed by atoms with E-state index in [2.05, 4.69) is 10.3 Å². The van der Waals surface area contributed by atoms with Crippen LogP contribution in [0.4, 0.5) is 14.5 Å². The number of carbonyl (C=O) groups is 1. The van der Waals surface area contributed by atoms with E-state index >= 15 is 0 Å².